The van der Waals surface area contributed by atoms with E-state index in [-0.39, 0.29) is 11.6 Å². The SMILES string of the molecule is Nc1ncc(F)c(-c2cccc3cnccc23)n1. The summed E-state index contributed by atoms with van der Waals surface area (Å²) in [5.41, 5.74) is 6.40. The Morgan fingerprint density at radius 2 is 2.00 bits per heavy atom. The predicted molar refractivity (Wildman–Crippen MR) is 67.1 cm³/mol. The molecular weight excluding hydrogens is 231 g/mol. The number of fused-ring (bicyclic) bond motifs is 1. The first-order valence-corrected chi connectivity index (χ1v) is 5.37. The number of anilines is 1. The molecule has 5 heteroatoms. The highest BCUT2D eigenvalue weighted by Crippen LogP contribution is 2.28. The van der Waals surface area contributed by atoms with Crippen molar-refractivity contribution in [3.05, 3.63) is 48.7 Å². The number of hydrogen-bond donors (Lipinski definition) is 1. The van der Waals surface area contributed by atoms with Gasteiger partial charge in [0.25, 0.3) is 0 Å². The molecule has 0 spiro atoms. The summed E-state index contributed by atoms with van der Waals surface area (Å²) in [6.45, 7) is 0. The average Bonchev–Trinajstić information content (AvgIpc) is 2.41. The first kappa shape index (κ1) is 10.6. The van der Waals surface area contributed by atoms with Crippen LogP contribution in [0.2, 0.25) is 0 Å². The molecule has 2 heterocycles. The summed E-state index contributed by atoms with van der Waals surface area (Å²) in [6.07, 6.45) is 4.47. The lowest BCUT2D eigenvalue weighted by atomic mass is 10.0. The molecule has 0 aliphatic heterocycles. The van der Waals surface area contributed by atoms with Crippen molar-refractivity contribution < 1.29 is 4.39 Å². The van der Waals surface area contributed by atoms with Gasteiger partial charge in [-0.2, -0.15) is 0 Å². The van der Waals surface area contributed by atoms with Crippen LogP contribution in [0.1, 0.15) is 0 Å². The Kier molecular flexibility index (Phi) is 2.37. The van der Waals surface area contributed by atoms with Crippen LogP contribution < -0.4 is 5.73 Å². The minimum Gasteiger partial charge on any atom is -0.368 e. The van der Waals surface area contributed by atoms with Crippen molar-refractivity contribution >= 4 is 16.7 Å². The van der Waals surface area contributed by atoms with Crippen LogP contribution in [0.5, 0.6) is 0 Å². The van der Waals surface area contributed by atoms with Gasteiger partial charge < -0.3 is 5.73 Å². The molecule has 88 valence electrons. The summed E-state index contributed by atoms with van der Waals surface area (Å²) < 4.78 is 13.8. The van der Waals surface area contributed by atoms with E-state index in [1.165, 1.54) is 0 Å². The standard InChI is InChI=1S/C13H9FN4/c14-11-7-17-13(15)18-12(11)10-3-1-2-8-6-16-5-4-9(8)10/h1-7H,(H2,15,17,18). The van der Waals surface area contributed by atoms with Crippen LogP contribution in [0.4, 0.5) is 10.3 Å². The summed E-state index contributed by atoms with van der Waals surface area (Å²) in [5, 5.41) is 1.80. The Labute approximate surface area is 102 Å². The van der Waals surface area contributed by atoms with Crippen LogP contribution >= 0.6 is 0 Å². The molecule has 0 saturated carbocycles. The maximum atomic E-state index is 13.8. The fourth-order valence-corrected chi connectivity index (χ4v) is 1.90. The number of benzene rings is 1. The van der Waals surface area contributed by atoms with Crippen molar-refractivity contribution in [2.24, 2.45) is 0 Å². The summed E-state index contributed by atoms with van der Waals surface area (Å²) in [7, 11) is 0. The summed E-state index contributed by atoms with van der Waals surface area (Å²) in [6, 6.07) is 7.36. The molecule has 0 radical (unpaired) electrons. The largest absolute Gasteiger partial charge is 0.368 e. The number of nitrogen functional groups attached to an aromatic ring is 1. The number of hydrogen-bond acceptors (Lipinski definition) is 4. The number of halogens is 1. The lowest BCUT2D eigenvalue weighted by Crippen LogP contribution is -1.99. The number of nitrogens with two attached hydrogens (primary N) is 1. The monoisotopic (exact) mass is 240 g/mol. The minimum atomic E-state index is -0.492. The molecule has 1 aromatic carbocycles. The van der Waals surface area contributed by atoms with E-state index in [1.54, 1.807) is 18.5 Å². The Balaban J connectivity index is 2.35. The van der Waals surface area contributed by atoms with Crippen molar-refractivity contribution in [1.82, 2.24) is 15.0 Å². The molecular formula is C13H9FN4. The lowest BCUT2D eigenvalue weighted by Gasteiger charge is -2.06. The van der Waals surface area contributed by atoms with Crippen LogP contribution in [-0.2, 0) is 0 Å². The summed E-state index contributed by atoms with van der Waals surface area (Å²) in [5.74, 6) is -0.439. The highest BCUT2D eigenvalue weighted by molar-refractivity contribution is 5.95. The van der Waals surface area contributed by atoms with Gasteiger partial charge in [0.2, 0.25) is 5.95 Å². The van der Waals surface area contributed by atoms with E-state index in [0.717, 1.165) is 17.0 Å². The third-order valence-electron chi connectivity index (χ3n) is 2.70. The van der Waals surface area contributed by atoms with Crippen molar-refractivity contribution in [2.75, 3.05) is 5.73 Å². The van der Waals surface area contributed by atoms with Gasteiger partial charge in [-0.25, -0.2) is 14.4 Å². The second kappa shape index (κ2) is 4.03. The zero-order valence-corrected chi connectivity index (χ0v) is 9.34. The maximum Gasteiger partial charge on any atom is 0.220 e. The Hall–Kier alpha value is -2.56. The Morgan fingerprint density at radius 1 is 1.11 bits per heavy atom. The van der Waals surface area contributed by atoms with E-state index in [2.05, 4.69) is 15.0 Å². The summed E-state index contributed by atoms with van der Waals surface area (Å²) >= 11 is 0. The molecule has 4 nitrogen and oxygen atoms in total. The molecule has 2 N–H and O–H groups in total. The first-order chi connectivity index (χ1) is 8.75. The molecule has 3 aromatic rings. The zero-order chi connectivity index (χ0) is 12.5. The lowest BCUT2D eigenvalue weighted by molar-refractivity contribution is 0.619. The van der Waals surface area contributed by atoms with E-state index in [9.17, 15) is 4.39 Å². The Morgan fingerprint density at radius 3 is 2.89 bits per heavy atom. The van der Waals surface area contributed by atoms with Crippen LogP contribution in [0.3, 0.4) is 0 Å². The van der Waals surface area contributed by atoms with Gasteiger partial charge in [-0.1, -0.05) is 18.2 Å². The molecule has 3 rings (SSSR count). The van der Waals surface area contributed by atoms with Crippen molar-refractivity contribution in [3.63, 3.8) is 0 Å². The molecule has 0 bridgehead atoms. The fourth-order valence-electron chi connectivity index (χ4n) is 1.90. The van der Waals surface area contributed by atoms with Crippen molar-refractivity contribution in [1.29, 1.82) is 0 Å². The number of aromatic nitrogens is 3. The first-order valence-electron chi connectivity index (χ1n) is 5.37. The summed E-state index contributed by atoms with van der Waals surface area (Å²) in [4.78, 5) is 11.6. The fraction of sp³-hybridized carbons (Fsp3) is 0. The average molecular weight is 240 g/mol. The normalized spacial score (nSPS) is 10.7. The predicted octanol–water partition coefficient (Wildman–Crippen LogP) is 2.41. The van der Waals surface area contributed by atoms with E-state index >= 15 is 0 Å². The molecule has 2 aromatic heterocycles. The topological polar surface area (TPSA) is 64.7 Å². The van der Waals surface area contributed by atoms with E-state index in [1.807, 2.05) is 18.2 Å². The third kappa shape index (κ3) is 1.66. The second-order valence-corrected chi connectivity index (χ2v) is 3.83. The number of pyridine rings is 1. The molecule has 0 unspecified atom stereocenters. The van der Waals surface area contributed by atoms with Gasteiger partial charge in [0.15, 0.2) is 5.82 Å². The molecule has 0 amide bonds. The quantitative estimate of drug-likeness (QED) is 0.709. The van der Waals surface area contributed by atoms with Crippen LogP contribution in [0.25, 0.3) is 22.0 Å². The van der Waals surface area contributed by atoms with Gasteiger partial charge in [-0.15, -0.1) is 0 Å². The van der Waals surface area contributed by atoms with Crippen LogP contribution in [0.15, 0.2) is 42.9 Å². The highest BCUT2D eigenvalue weighted by atomic mass is 19.1. The van der Waals surface area contributed by atoms with Crippen LogP contribution in [0, 0.1) is 5.82 Å². The van der Waals surface area contributed by atoms with E-state index < -0.39 is 5.82 Å². The van der Waals surface area contributed by atoms with Crippen molar-refractivity contribution in [3.8, 4) is 11.3 Å². The molecule has 0 aliphatic rings. The maximum absolute atomic E-state index is 13.8. The van der Waals surface area contributed by atoms with E-state index in [4.69, 9.17) is 5.73 Å². The molecule has 0 fully saturated rings. The van der Waals surface area contributed by atoms with Crippen LogP contribution in [-0.4, -0.2) is 15.0 Å². The minimum absolute atomic E-state index is 0.0532. The number of nitrogens with zero attached hydrogens (tertiary/aromatic N) is 3. The van der Waals surface area contributed by atoms with Gasteiger partial charge in [0.05, 0.1) is 6.20 Å². The highest BCUT2D eigenvalue weighted by Gasteiger charge is 2.11. The number of rotatable bonds is 1. The van der Waals surface area contributed by atoms with Gasteiger partial charge in [-0.3, -0.25) is 4.98 Å². The van der Waals surface area contributed by atoms with Gasteiger partial charge >= 0.3 is 0 Å². The molecule has 0 saturated heterocycles. The third-order valence-corrected chi connectivity index (χ3v) is 2.70. The van der Waals surface area contributed by atoms with E-state index in [0.29, 0.717) is 5.56 Å². The second-order valence-electron chi connectivity index (χ2n) is 3.83. The Bertz CT molecular complexity index is 722. The molecule has 0 aliphatic carbocycles. The van der Waals surface area contributed by atoms with Crippen molar-refractivity contribution in [2.45, 2.75) is 0 Å². The van der Waals surface area contributed by atoms with Gasteiger partial charge in [0.1, 0.15) is 5.69 Å². The zero-order valence-electron chi connectivity index (χ0n) is 9.34. The van der Waals surface area contributed by atoms with Gasteiger partial charge in [-0.05, 0) is 11.5 Å². The molecule has 18 heavy (non-hydrogen) atoms. The molecule has 0 atom stereocenters. The smallest absolute Gasteiger partial charge is 0.220 e. The van der Waals surface area contributed by atoms with Gasteiger partial charge in [0, 0.05) is 23.3 Å².